The van der Waals surface area contributed by atoms with Gasteiger partial charge in [0.25, 0.3) is 0 Å². The number of primary amides is 1. The third-order valence-corrected chi connectivity index (χ3v) is 2.78. The predicted octanol–water partition coefficient (Wildman–Crippen LogP) is 1.57. The van der Waals surface area contributed by atoms with Crippen LogP contribution in [0.3, 0.4) is 0 Å². The molecule has 4 N–H and O–H groups in total. The van der Waals surface area contributed by atoms with Crippen molar-refractivity contribution in [3.63, 3.8) is 0 Å². The third kappa shape index (κ3) is 4.37. The van der Waals surface area contributed by atoms with E-state index in [0.29, 0.717) is 13.0 Å². The van der Waals surface area contributed by atoms with Crippen LogP contribution in [0, 0.1) is 0 Å². The van der Waals surface area contributed by atoms with E-state index in [1.165, 1.54) is 5.56 Å². The molecule has 1 atom stereocenters. The second kappa shape index (κ2) is 5.87. The first-order valence-electron chi connectivity index (χ1n) is 6.09. The maximum atomic E-state index is 10.7. The molecule has 1 aromatic carbocycles. The molecule has 100 valence electrons. The monoisotopic (exact) mass is 250 g/mol. The zero-order chi connectivity index (χ0) is 13.8. The molecule has 0 aliphatic rings. The zero-order valence-electron chi connectivity index (χ0n) is 11.3. The first-order valence-corrected chi connectivity index (χ1v) is 6.09. The molecule has 1 rings (SSSR count). The van der Waals surface area contributed by atoms with E-state index in [1.54, 1.807) is 0 Å². The Bertz CT molecular complexity index is 393. The maximum absolute atomic E-state index is 10.7. The maximum Gasteiger partial charge on any atom is 0.234 e. The summed E-state index contributed by atoms with van der Waals surface area (Å²) in [5.41, 5.74) is 12.0. The largest absolute Gasteiger partial charge is 0.494 e. The summed E-state index contributed by atoms with van der Waals surface area (Å²) in [4.78, 5) is 10.7. The lowest BCUT2D eigenvalue weighted by molar-refractivity contribution is -0.119. The van der Waals surface area contributed by atoms with Gasteiger partial charge in [0.15, 0.2) is 0 Å². The number of hydrogen-bond donors (Lipinski definition) is 2. The van der Waals surface area contributed by atoms with Gasteiger partial charge in [-0.05, 0) is 23.1 Å². The van der Waals surface area contributed by atoms with Gasteiger partial charge in [-0.15, -0.1) is 0 Å². The average molecular weight is 250 g/mol. The highest BCUT2D eigenvalue weighted by molar-refractivity contribution is 5.79. The Morgan fingerprint density at radius 3 is 2.28 bits per heavy atom. The average Bonchev–Trinajstić information content (AvgIpc) is 2.28. The fourth-order valence-electron chi connectivity index (χ4n) is 1.50. The number of amides is 1. The number of ether oxygens (including phenoxy) is 1. The summed E-state index contributed by atoms with van der Waals surface area (Å²) in [5, 5.41) is 0. The van der Waals surface area contributed by atoms with Crippen molar-refractivity contribution in [2.24, 2.45) is 11.5 Å². The van der Waals surface area contributed by atoms with E-state index in [4.69, 9.17) is 16.2 Å². The van der Waals surface area contributed by atoms with Crippen LogP contribution in [-0.2, 0) is 10.2 Å². The molecule has 0 aliphatic heterocycles. The zero-order valence-corrected chi connectivity index (χ0v) is 11.3. The Morgan fingerprint density at radius 2 is 1.83 bits per heavy atom. The van der Waals surface area contributed by atoms with Crippen LogP contribution in [0.2, 0.25) is 0 Å². The molecule has 0 aliphatic carbocycles. The van der Waals surface area contributed by atoms with Crippen molar-refractivity contribution in [1.82, 2.24) is 0 Å². The molecule has 4 nitrogen and oxygen atoms in total. The summed E-state index contributed by atoms with van der Waals surface area (Å²) >= 11 is 0. The lowest BCUT2D eigenvalue weighted by atomic mass is 9.87. The summed E-state index contributed by atoms with van der Waals surface area (Å²) in [5.74, 6) is 0.279. The van der Waals surface area contributed by atoms with Crippen molar-refractivity contribution in [2.45, 2.75) is 38.6 Å². The highest BCUT2D eigenvalue weighted by Gasteiger charge is 2.13. The van der Waals surface area contributed by atoms with Crippen molar-refractivity contribution in [2.75, 3.05) is 6.61 Å². The molecule has 1 unspecified atom stereocenters. The topological polar surface area (TPSA) is 78.3 Å². The van der Waals surface area contributed by atoms with Gasteiger partial charge in [0.05, 0.1) is 12.6 Å². The summed E-state index contributed by atoms with van der Waals surface area (Å²) < 4.78 is 5.51. The van der Waals surface area contributed by atoms with Gasteiger partial charge in [-0.3, -0.25) is 4.79 Å². The molecule has 0 fully saturated rings. The number of rotatable bonds is 5. The van der Waals surface area contributed by atoms with Crippen LogP contribution >= 0.6 is 0 Å². The Morgan fingerprint density at radius 1 is 1.28 bits per heavy atom. The smallest absolute Gasteiger partial charge is 0.234 e. The quantitative estimate of drug-likeness (QED) is 0.832. The second-order valence-corrected chi connectivity index (χ2v) is 5.42. The van der Waals surface area contributed by atoms with Gasteiger partial charge in [-0.25, -0.2) is 0 Å². The summed E-state index contributed by atoms with van der Waals surface area (Å²) in [6, 6.07) is 7.30. The minimum absolute atomic E-state index is 0.132. The Hall–Kier alpha value is -1.55. The van der Waals surface area contributed by atoms with Crippen LogP contribution < -0.4 is 16.2 Å². The van der Waals surface area contributed by atoms with Crippen molar-refractivity contribution in [3.8, 4) is 5.75 Å². The number of hydrogen-bond acceptors (Lipinski definition) is 3. The molecular formula is C14H22N2O2. The van der Waals surface area contributed by atoms with Crippen LogP contribution in [0.1, 0.15) is 32.8 Å². The Labute approximate surface area is 108 Å². The molecule has 0 saturated carbocycles. The minimum atomic E-state index is -0.640. The van der Waals surface area contributed by atoms with Crippen LogP contribution in [0.4, 0.5) is 0 Å². The van der Waals surface area contributed by atoms with Crippen LogP contribution in [0.25, 0.3) is 0 Å². The van der Waals surface area contributed by atoms with Gasteiger partial charge >= 0.3 is 0 Å². The lowest BCUT2D eigenvalue weighted by Crippen LogP contribution is -2.37. The lowest BCUT2D eigenvalue weighted by Gasteiger charge is -2.19. The normalized spacial score (nSPS) is 13.1. The van der Waals surface area contributed by atoms with E-state index in [2.05, 4.69) is 20.8 Å². The number of benzene rings is 1. The van der Waals surface area contributed by atoms with Crippen LogP contribution in [-0.4, -0.2) is 18.6 Å². The molecular weight excluding hydrogens is 228 g/mol. The molecule has 1 amide bonds. The third-order valence-electron chi connectivity index (χ3n) is 2.78. The SMILES string of the molecule is CC(C)(C)c1ccc(OCCC(N)C(N)=O)cc1. The highest BCUT2D eigenvalue weighted by Crippen LogP contribution is 2.24. The number of carbonyl (C=O) groups is 1. The van der Waals surface area contributed by atoms with Gasteiger partial charge in [0.1, 0.15) is 5.75 Å². The molecule has 0 heterocycles. The molecule has 4 heteroatoms. The van der Waals surface area contributed by atoms with E-state index in [-0.39, 0.29) is 5.41 Å². The van der Waals surface area contributed by atoms with E-state index in [0.717, 1.165) is 5.75 Å². The molecule has 0 aromatic heterocycles. The number of nitrogens with two attached hydrogens (primary N) is 2. The van der Waals surface area contributed by atoms with Gasteiger partial charge in [0, 0.05) is 6.42 Å². The minimum Gasteiger partial charge on any atom is -0.494 e. The van der Waals surface area contributed by atoms with Crippen molar-refractivity contribution >= 4 is 5.91 Å². The molecule has 1 aromatic rings. The van der Waals surface area contributed by atoms with Crippen LogP contribution in [0.5, 0.6) is 5.75 Å². The Kier molecular flexibility index (Phi) is 4.73. The van der Waals surface area contributed by atoms with Gasteiger partial charge < -0.3 is 16.2 Å². The van der Waals surface area contributed by atoms with Crippen molar-refractivity contribution < 1.29 is 9.53 Å². The first kappa shape index (κ1) is 14.5. The highest BCUT2D eigenvalue weighted by atomic mass is 16.5. The second-order valence-electron chi connectivity index (χ2n) is 5.42. The molecule has 0 spiro atoms. The van der Waals surface area contributed by atoms with E-state index < -0.39 is 11.9 Å². The fourth-order valence-corrected chi connectivity index (χ4v) is 1.50. The van der Waals surface area contributed by atoms with Gasteiger partial charge in [-0.2, -0.15) is 0 Å². The van der Waals surface area contributed by atoms with E-state index >= 15 is 0 Å². The van der Waals surface area contributed by atoms with E-state index in [1.807, 2.05) is 24.3 Å². The fraction of sp³-hybridized carbons (Fsp3) is 0.500. The van der Waals surface area contributed by atoms with Crippen molar-refractivity contribution in [1.29, 1.82) is 0 Å². The summed E-state index contributed by atoms with van der Waals surface area (Å²) in [7, 11) is 0. The first-order chi connectivity index (χ1) is 8.30. The standard InChI is InChI=1S/C14H22N2O2/c1-14(2,3)10-4-6-11(7-5-10)18-9-8-12(15)13(16)17/h4-7,12H,8-9,15H2,1-3H3,(H2,16,17). The summed E-state index contributed by atoms with van der Waals surface area (Å²) in [6.07, 6.45) is 0.427. The molecule has 0 radical (unpaired) electrons. The van der Waals surface area contributed by atoms with Gasteiger partial charge in [-0.1, -0.05) is 32.9 Å². The van der Waals surface area contributed by atoms with Crippen LogP contribution in [0.15, 0.2) is 24.3 Å². The molecule has 0 saturated heterocycles. The number of carbonyl (C=O) groups excluding carboxylic acids is 1. The molecule has 18 heavy (non-hydrogen) atoms. The van der Waals surface area contributed by atoms with Crippen molar-refractivity contribution in [3.05, 3.63) is 29.8 Å². The van der Waals surface area contributed by atoms with E-state index in [9.17, 15) is 4.79 Å². The Balaban J connectivity index is 2.47. The van der Waals surface area contributed by atoms with Gasteiger partial charge in [0.2, 0.25) is 5.91 Å². The predicted molar refractivity (Wildman–Crippen MR) is 72.4 cm³/mol. The summed E-state index contributed by atoms with van der Waals surface area (Å²) in [6.45, 7) is 6.87. The molecule has 0 bridgehead atoms.